The molecule has 150 valence electrons. The van der Waals surface area contributed by atoms with Gasteiger partial charge in [-0.1, -0.05) is 43.4 Å². The summed E-state index contributed by atoms with van der Waals surface area (Å²) in [5, 5.41) is 0. The molecular weight excluding hydrogens is 354 g/mol. The van der Waals surface area contributed by atoms with E-state index < -0.39 is 17.4 Å². The third kappa shape index (κ3) is 8.48. The van der Waals surface area contributed by atoms with Crippen molar-refractivity contribution in [2.75, 3.05) is 13.2 Å². The summed E-state index contributed by atoms with van der Waals surface area (Å²) >= 11 is 0. The van der Waals surface area contributed by atoms with Crippen molar-refractivity contribution >= 4 is 17.4 Å². The van der Waals surface area contributed by atoms with Gasteiger partial charge in [-0.2, -0.15) is 0 Å². The van der Waals surface area contributed by atoms with Gasteiger partial charge < -0.3 is 8.85 Å². The lowest BCUT2D eigenvalue weighted by molar-refractivity contribution is 0.123. The molecule has 0 spiro atoms. The van der Waals surface area contributed by atoms with E-state index in [0.717, 1.165) is 32.2 Å². The van der Waals surface area contributed by atoms with Crippen molar-refractivity contribution in [2.45, 2.75) is 84.5 Å². The standard InChI is InChI=1S/C21H41NO2Si2/c1-9-23-26(8,24-19(2)25(6)7)17-13-16-22(21(3,4)5)18-20-14-11-10-12-15-20/h10-12,14-15,19,25H,9,13,16-18H2,1-8H3. The summed E-state index contributed by atoms with van der Waals surface area (Å²) in [6.45, 7) is 21.0. The van der Waals surface area contributed by atoms with E-state index in [1.54, 1.807) is 0 Å². The van der Waals surface area contributed by atoms with Crippen LogP contribution >= 0.6 is 0 Å². The molecule has 0 bridgehead atoms. The highest BCUT2D eigenvalue weighted by molar-refractivity contribution is 6.67. The highest BCUT2D eigenvalue weighted by Crippen LogP contribution is 2.23. The quantitative estimate of drug-likeness (QED) is 0.480. The number of benzene rings is 1. The van der Waals surface area contributed by atoms with Crippen molar-refractivity contribution in [1.29, 1.82) is 0 Å². The van der Waals surface area contributed by atoms with Crippen molar-refractivity contribution in [3.63, 3.8) is 0 Å². The highest BCUT2D eigenvalue weighted by Gasteiger charge is 2.34. The molecular formula is C21H41NO2Si2. The van der Waals surface area contributed by atoms with Gasteiger partial charge in [-0.15, -0.1) is 0 Å². The molecule has 0 radical (unpaired) electrons. The second-order valence-electron chi connectivity index (χ2n) is 8.82. The van der Waals surface area contributed by atoms with E-state index in [2.05, 4.69) is 89.5 Å². The van der Waals surface area contributed by atoms with Gasteiger partial charge in [-0.3, -0.25) is 4.90 Å². The number of rotatable bonds is 11. The number of hydrogen-bond acceptors (Lipinski definition) is 3. The van der Waals surface area contributed by atoms with E-state index in [-0.39, 0.29) is 5.54 Å². The normalized spacial score (nSPS) is 16.1. The van der Waals surface area contributed by atoms with Gasteiger partial charge in [0.1, 0.15) is 0 Å². The molecule has 3 nitrogen and oxygen atoms in total. The van der Waals surface area contributed by atoms with Crippen molar-refractivity contribution in [2.24, 2.45) is 0 Å². The lowest BCUT2D eigenvalue weighted by atomic mass is 10.0. The first-order valence-corrected chi connectivity index (χ1v) is 15.7. The fraction of sp³-hybridized carbons (Fsp3) is 0.714. The predicted octanol–water partition coefficient (Wildman–Crippen LogP) is 5.22. The van der Waals surface area contributed by atoms with Gasteiger partial charge >= 0.3 is 8.56 Å². The number of hydrogen-bond donors (Lipinski definition) is 0. The van der Waals surface area contributed by atoms with Crippen LogP contribution in [-0.2, 0) is 15.4 Å². The highest BCUT2D eigenvalue weighted by atomic mass is 28.4. The minimum Gasteiger partial charge on any atom is -0.395 e. The second-order valence-corrected chi connectivity index (χ2v) is 15.5. The minimum atomic E-state index is -2.09. The van der Waals surface area contributed by atoms with Gasteiger partial charge in [0.15, 0.2) is 0 Å². The summed E-state index contributed by atoms with van der Waals surface area (Å²) in [4.78, 5) is 2.57. The van der Waals surface area contributed by atoms with Crippen molar-refractivity contribution in [3.8, 4) is 0 Å². The van der Waals surface area contributed by atoms with Gasteiger partial charge in [-0.05, 0) is 65.7 Å². The molecule has 5 heteroatoms. The SMILES string of the molecule is CCO[Si](C)(CCCN(Cc1ccccc1)C(C)(C)C)OC(C)[SiH](C)C. The summed E-state index contributed by atoms with van der Waals surface area (Å²) < 4.78 is 12.6. The molecule has 0 saturated carbocycles. The summed E-state index contributed by atoms with van der Waals surface area (Å²) in [6, 6.07) is 11.8. The Labute approximate surface area is 164 Å². The predicted molar refractivity (Wildman–Crippen MR) is 119 cm³/mol. The lowest BCUT2D eigenvalue weighted by Crippen LogP contribution is -2.46. The Morgan fingerprint density at radius 2 is 1.77 bits per heavy atom. The molecule has 26 heavy (non-hydrogen) atoms. The van der Waals surface area contributed by atoms with Crippen LogP contribution in [0.5, 0.6) is 0 Å². The van der Waals surface area contributed by atoms with Crippen LogP contribution in [-0.4, -0.2) is 46.7 Å². The maximum Gasteiger partial charge on any atom is 0.334 e. The molecule has 2 atom stereocenters. The molecule has 0 N–H and O–H groups in total. The molecule has 2 unspecified atom stereocenters. The Balaban J connectivity index is 2.68. The van der Waals surface area contributed by atoms with E-state index in [4.69, 9.17) is 8.85 Å². The van der Waals surface area contributed by atoms with Gasteiger partial charge in [0.2, 0.25) is 0 Å². The molecule has 0 aliphatic heterocycles. The van der Waals surface area contributed by atoms with E-state index in [0.29, 0.717) is 5.73 Å². The Morgan fingerprint density at radius 1 is 1.15 bits per heavy atom. The molecule has 0 amide bonds. The van der Waals surface area contributed by atoms with Crippen molar-refractivity contribution in [1.82, 2.24) is 4.90 Å². The summed E-state index contributed by atoms with van der Waals surface area (Å²) in [7, 11) is -2.88. The first kappa shape index (κ1) is 23.6. The number of nitrogens with zero attached hydrogens (tertiary/aromatic N) is 1. The summed E-state index contributed by atoms with van der Waals surface area (Å²) in [6.07, 6.45) is 1.12. The van der Waals surface area contributed by atoms with E-state index >= 15 is 0 Å². The zero-order valence-corrected chi connectivity index (χ0v) is 20.5. The van der Waals surface area contributed by atoms with Crippen LogP contribution in [0.4, 0.5) is 0 Å². The van der Waals surface area contributed by atoms with Gasteiger partial charge in [0, 0.05) is 24.4 Å². The van der Waals surface area contributed by atoms with E-state index in [1.165, 1.54) is 5.56 Å². The minimum absolute atomic E-state index is 0.151. The average molecular weight is 396 g/mol. The Kier molecular flexibility index (Phi) is 9.76. The molecule has 0 heterocycles. The molecule has 0 aliphatic carbocycles. The van der Waals surface area contributed by atoms with Crippen LogP contribution in [0.2, 0.25) is 25.7 Å². The fourth-order valence-electron chi connectivity index (χ4n) is 3.05. The summed E-state index contributed by atoms with van der Waals surface area (Å²) in [5.74, 6) is 0. The zero-order valence-electron chi connectivity index (χ0n) is 18.3. The van der Waals surface area contributed by atoms with Crippen LogP contribution in [0.3, 0.4) is 0 Å². The maximum atomic E-state index is 6.49. The Morgan fingerprint density at radius 3 is 2.27 bits per heavy atom. The molecule has 0 saturated heterocycles. The summed E-state index contributed by atoms with van der Waals surface area (Å²) in [5.41, 5.74) is 1.92. The van der Waals surface area contributed by atoms with Crippen LogP contribution < -0.4 is 0 Å². The third-order valence-electron chi connectivity index (χ3n) is 5.05. The molecule has 0 fully saturated rings. The van der Waals surface area contributed by atoms with Gasteiger partial charge in [-0.25, -0.2) is 0 Å². The topological polar surface area (TPSA) is 21.7 Å². The fourth-order valence-corrected chi connectivity index (χ4v) is 7.53. The monoisotopic (exact) mass is 395 g/mol. The average Bonchev–Trinajstić information content (AvgIpc) is 2.54. The molecule has 1 aromatic carbocycles. The van der Waals surface area contributed by atoms with Gasteiger partial charge in [0.25, 0.3) is 0 Å². The Hall–Kier alpha value is -0.466. The second kappa shape index (κ2) is 10.8. The molecule has 1 aromatic rings. The van der Waals surface area contributed by atoms with Crippen LogP contribution in [0.1, 0.15) is 46.6 Å². The molecule has 1 rings (SSSR count). The lowest BCUT2D eigenvalue weighted by Gasteiger charge is -2.37. The molecule has 0 aliphatic rings. The van der Waals surface area contributed by atoms with E-state index in [1.807, 2.05) is 0 Å². The van der Waals surface area contributed by atoms with E-state index in [9.17, 15) is 0 Å². The zero-order chi connectivity index (χ0) is 19.8. The largest absolute Gasteiger partial charge is 0.395 e. The van der Waals surface area contributed by atoms with Crippen molar-refractivity contribution < 1.29 is 8.85 Å². The van der Waals surface area contributed by atoms with Crippen LogP contribution in [0, 0.1) is 0 Å². The first-order chi connectivity index (χ1) is 12.1. The van der Waals surface area contributed by atoms with Crippen LogP contribution in [0.15, 0.2) is 30.3 Å². The smallest absolute Gasteiger partial charge is 0.334 e. The first-order valence-electron chi connectivity index (χ1n) is 10.2. The van der Waals surface area contributed by atoms with Crippen LogP contribution in [0.25, 0.3) is 0 Å². The molecule has 0 aromatic heterocycles. The van der Waals surface area contributed by atoms with Gasteiger partial charge in [0.05, 0.1) is 8.80 Å². The Bertz CT molecular complexity index is 504. The van der Waals surface area contributed by atoms with Crippen molar-refractivity contribution in [3.05, 3.63) is 35.9 Å². The third-order valence-corrected chi connectivity index (χ3v) is 10.4. The maximum absolute atomic E-state index is 6.49.